The van der Waals surface area contributed by atoms with Crippen LogP contribution in [0.3, 0.4) is 0 Å². The van der Waals surface area contributed by atoms with Gasteiger partial charge in [0.2, 0.25) is 5.82 Å². The zero-order valence-corrected chi connectivity index (χ0v) is 19.9. The average molecular weight is 499 g/mol. The Bertz CT molecular complexity index is 1450. The number of nitrogens with zero attached hydrogens (tertiary/aromatic N) is 3. The molecule has 1 unspecified atom stereocenters. The van der Waals surface area contributed by atoms with Crippen LogP contribution in [0.15, 0.2) is 78.2 Å². The maximum Gasteiger partial charge on any atom is 0.204 e. The maximum atomic E-state index is 11.0. The van der Waals surface area contributed by atoms with Gasteiger partial charge in [0.15, 0.2) is 0 Å². The molecule has 0 fully saturated rings. The van der Waals surface area contributed by atoms with Crippen molar-refractivity contribution >= 4 is 17.6 Å². The van der Waals surface area contributed by atoms with Crippen molar-refractivity contribution in [3.8, 4) is 33.3 Å². The Kier molecular flexibility index (Phi) is 6.83. The molecule has 2 aromatic heterocycles. The predicted octanol–water partition coefficient (Wildman–Crippen LogP) is 4.70. The summed E-state index contributed by atoms with van der Waals surface area (Å²) < 4.78 is 6.08. The van der Waals surface area contributed by atoms with Crippen molar-refractivity contribution in [2.24, 2.45) is 0 Å². The summed E-state index contributed by atoms with van der Waals surface area (Å²) in [6.07, 6.45) is 0.0805. The molecule has 0 spiro atoms. The largest absolute Gasteiger partial charge is 0.507 e. The molecule has 0 saturated heterocycles. The van der Waals surface area contributed by atoms with Gasteiger partial charge in [0.05, 0.1) is 5.56 Å². The number of tetrazole rings is 1. The fourth-order valence-electron chi connectivity index (χ4n) is 3.93. The number of aromatic hydroxyl groups is 1. The van der Waals surface area contributed by atoms with E-state index in [-0.39, 0.29) is 18.8 Å². The summed E-state index contributed by atoms with van der Waals surface area (Å²) in [7, 11) is 0. The number of ether oxygens (including phenoxy) is 1. The highest BCUT2D eigenvalue weighted by atomic mass is 32.1. The Hall–Kier alpha value is -4.34. The molecule has 0 aliphatic rings. The molecular formula is C27H22N4O4S. The molecule has 0 radical (unpaired) electrons. The van der Waals surface area contributed by atoms with E-state index in [0.717, 1.165) is 27.9 Å². The number of aromatic nitrogens is 4. The molecule has 180 valence electrons. The minimum atomic E-state index is -0.820. The molecule has 9 heteroatoms. The van der Waals surface area contributed by atoms with E-state index in [1.807, 2.05) is 66.0 Å². The fourth-order valence-corrected chi connectivity index (χ4v) is 4.71. The number of carbonyl (C=O) groups excluding carboxylic acids is 1. The Morgan fingerprint density at radius 1 is 1.03 bits per heavy atom. The van der Waals surface area contributed by atoms with Gasteiger partial charge in [-0.15, -0.1) is 21.5 Å². The molecule has 0 amide bonds. The van der Waals surface area contributed by atoms with Crippen LogP contribution >= 0.6 is 11.3 Å². The van der Waals surface area contributed by atoms with Crippen molar-refractivity contribution in [1.29, 1.82) is 0 Å². The maximum absolute atomic E-state index is 11.0. The number of phenols is 1. The van der Waals surface area contributed by atoms with Crippen LogP contribution in [0.2, 0.25) is 0 Å². The summed E-state index contributed by atoms with van der Waals surface area (Å²) in [4.78, 5) is 11.8. The van der Waals surface area contributed by atoms with Gasteiger partial charge in [0.25, 0.3) is 0 Å². The summed E-state index contributed by atoms with van der Waals surface area (Å²) in [5, 5.41) is 37.6. The minimum absolute atomic E-state index is 0.0589. The van der Waals surface area contributed by atoms with Crippen molar-refractivity contribution < 1.29 is 19.7 Å². The average Bonchev–Trinajstić information content (AvgIpc) is 3.64. The molecule has 5 rings (SSSR count). The van der Waals surface area contributed by atoms with Gasteiger partial charge < -0.3 is 19.7 Å². The van der Waals surface area contributed by atoms with Crippen molar-refractivity contribution in [2.75, 3.05) is 0 Å². The summed E-state index contributed by atoms with van der Waals surface area (Å²) in [6.45, 7) is 0.272. The third-order valence-electron chi connectivity index (χ3n) is 5.79. The van der Waals surface area contributed by atoms with Crippen LogP contribution < -0.4 is 4.74 Å². The number of H-pyrrole nitrogens is 1. The summed E-state index contributed by atoms with van der Waals surface area (Å²) in [5.74, 6) is 1.05. The van der Waals surface area contributed by atoms with E-state index < -0.39 is 6.10 Å². The van der Waals surface area contributed by atoms with Gasteiger partial charge in [-0.05, 0) is 45.5 Å². The Labute approximate surface area is 210 Å². The summed E-state index contributed by atoms with van der Waals surface area (Å²) in [6, 6.07) is 22.2. The topological polar surface area (TPSA) is 121 Å². The Morgan fingerprint density at radius 2 is 1.89 bits per heavy atom. The molecule has 0 bridgehead atoms. The van der Waals surface area contributed by atoms with Crippen LogP contribution in [0.4, 0.5) is 0 Å². The Morgan fingerprint density at radius 3 is 2.61 bits per heavy atom. The first kappa shape index (κ1) is 23.4. The lowest BCUT2D eigenvalue weighted by molar-refractivity contribution is -0.107. The lowest BCUT2D eigenvalue weighted by atomic mass is 9.98. The number of phenolic OH excluding ortho intramolecular Hbond substituents is 1. The number of hydrogen-bond donors (Lipinski definition) is 3. The summed E-state index contributed by atoms with van der Waals surface area (Å²) >= 11 is 1.49. The number of hydrogen-bond acceptors (Lipinski definition) is 8. The predicted molar refractivity (Wildman–Crippen MR) is 136 cm³/mol. The molecule has 3 N–H and O–H groups in total. The molecule has 1 atom stereocenters. The molecule has 2 heterocycles. The number of carbonyl (C=O) groups is 1. The highest BCUT2D eigenvalue weighted by molar-refractivity contribution is 7.13. The zero-order valence-electron chi connectivity index (χ0n) is 19.0. The molecular weight excluding hydrogens is 476 g/mol. The van der Waals surface area contributed by atoms with E-state index in [1.54, 1.807) is 12.1 Å². The van der Waals surface area contributed by atoms with Crippen LogP contribution in [0, 0.1) is 0 Å². The molecule has 5 aromatic rings. The van der Waals surface area contributed by atoms with E-state index >= 15 is 0 Å². The number of aromatic amines is 1. The highest BCUT2D eigenvalue weighted by Crippen LogP contribution is 2.42. The van der Waals surface area contributed by atoms with Crippen LogP contribution in [0.25, 0.3) is 21.8 Å². The lowest BCUT2D eigenvalue weighted by Crippen LogP contribution is -2.02. The second-order valence-corrected chi connectivity index (χ2v) is 9.04. The molecule has 8 nitrogen and oxygen atoms in total. The zero-order chi connectivity index (χ0) is 24.9. The molecule has 36 heavy (non-hydrogen) atoms. The van der Waals surface area contributed by atoms with Gasteiger partial charge in [0, 0.05) is 22.4 Å². The minimum Gasteiger partial charge on any atom is -0.507 e. The van der Waals surface area contributed by atoms with E-state index in [4.69, 9.17) is 4.74 Å². The number of rotatable bonds is 9. The number of aliphatic hydroxyl groups is 1. The monoisotopic (exact) mass is 498 g/mol. The first-order chi connectivity index (χ1) is 17.6. The molecule has 0 aliphatic carbocycles. The normalized spacial score (nSPS) is 11.8. The number of benzene rings is 3. The van der Waals surface area contributed by atoms with Crippen molar-refractivity contribution in [1.82, 2.24) is 20.6 Å². The van der Waals surface area contributed by atoms with Gasteiger partial charge in [-0.3, -0.25) is 0 Å². The molecule has 3 aromatic carbocycles. The van der Waals surface area contributed by atoms with Gasteiger partial charge in [-0.25, -0.2) is 0 Å². The summed E-state index contributed by atoms with van der Waals surface area (Å²) in [5.41, 5.74) is 4.25. The van der Waals surface area contributed by atoms with Crippen LogP contribution in [-0.4, -0.2) is 37.1 Å². The van der Waals surface area contributed by atoms with E-state index in [2.05, 4.69) is 20.6 Å². The van der Waals surface area contributed by atoms with Crippen LogP contribution in [0.5, 0.6) is 11.5 Å². The highest BCUT2D eigenvalue weighted by Gasteiger charge is 2.17. The second-order valence-electron chi connectivity index (χ2n) is 8.09. The second kappa shape index (κ2) is 10.5. The number of aliphatic hydroxyl groups excluding tert-OH is 1. The van der Waals surface area contributed by atoms with Gasteiger partial charge in [-0.2, -0.15) is 5.21 Å². The lowest BCUT2D eigenvalue weighted by Gasteiger charge is -2.15. The van der Waals surface area contributed by atoms with Crippen molar-refractivity contribution in [3.63, 3.8) is 0 Å². The van der Waals surface area contributed by atoms with Crippen LogP contribution in [0.1, 0.15) is 28.4 Å². The first-order valence-corrected chi connectivity index (χ1v) is 12.1. The van der Waals surface area contributed by atoms with Crippen LogP contribution in [-0.2, 0) is 17.8 Å². The SMILES string of the molecule is O=CCc1ccc(OCc2ccc(C(O)c3cccc(-c4nn[nH]n4)c3)cc2)c(-c2cccs2)c1O. The van der Waals surface area contributed by atoms with Gasteiger partial charge in [0.1, 0.15) is 30.5 Å². The van der Waals surface area contributed by atoms with E-state index in [1.165, 1.54) is 11.3 Å². The third-order valence-corrected chi connectivity index (χ3v) is 6.68. The van der Waals surface area contributed by atoms with Crippen molar-refractivity contribution in [2.45, 2.75) is 19.1 Å². The fraction of sp³-hybridized carbons (Fsp3) is 0.111. The molecule has 0 aliphatic heterocycles. The van der Waals surface area contributed by atoms with E-state index in [0.29, 0.717) is 28.3 Å². The number of nitrogens with one attached hydrogen (secondary N) is 1. The van der Waals surface area contributed by atoms with Gasteiger partial charge in [-0.1, -0.05) is 54.6 Å². The quantitative estimate of drug-likeness (QED) is 0.252. The number of thiophene rings is 1. The molecule has 0 saturated carbocycles. The van der Waals surface area contributed by atoms with Crippen molar-refractivity contribution in [3.05, 3.63) is 100 Å². The first-order valence-electron chi connectivity index (χ1n) is 11.2. The third kappa shape index (κ3) is 4.88. The number of aldehydes is 1. The standard InChI is InChI=1S/C27H22N4O4S/c32-13-12-19-10-11-22(24(26(19)34)23-5-2-14-36-23)35-16-17-6-8-18(9-7-17)25(33)20-3-1-4-21(15-20)27-28-30-31-29-27/h1-11,13-15,25,33-34H,12,16H2,(H,28,29,30,31). The van der Waals surface area contributed by atoms with Gasteiger partial charge >= 0.3 is 0 Å². The smallest absolute Gasteiger partial charge is 0.204 e. The Balaban J connectivity index is 1.32. The van der Waals surface area contributed by atoms with E-state index in [9.17, 15) is 15.0 Å².